The molecule has 2 fully saturated rings. The standard InChI is InChI=1S/C21H26N4O2/c1-27-17-7-2-6-16(12-17)18-14-23-24-21(18)19-8-4-10-25(19)20(26)11-15-5-3-9-22-13-15/h2-3,5-7,9,12-13,18-19,21,23-24H,4,8,10-11,14H2,1H3. The maximum absolute atomic E-state index is 13.0. The number of methoxy groups -OCH3 is 1. The maximum atomic E-state index is 13.0. The Morgan fingerprint density at radius 2 is 2.26 bits per heavy atom. The smallest absolute Gasteiger partial charge is 0.227 e. The zero-order valence-corrected chi connectivity index (χ0v) is 15.6. The van der Waals surface area contributed by atoms with Gasteiger partial charge < -0.3 is 9.64 Å². The summed E-state index contributed by atoms with van der Waals surface area (Å²) in [5.74, 6) is 1.36. The van der Waals surface area contributed by atoms with E-state index in [1.165, 1.54) is 5.56 Å². The van der Waals surface area contributed by atoms with Crippen molar-refractivity contribution < 1.29 is 9.53 Å². The fourth-order valence-corrected chi connectivity index (χ4v) is 4.33. The second-order valence-corrected chi connectivity index (χ2v) is 7.27. The van der Waals surface area contributed by atoms with Crippen molar-refractivity contribution in [2.45, 2.75) is 37.3 Å². The van der Waals surface area contributed by atoms with Gasteiger partial charge in [0.25, 0.3) is 0 Å². The van der Waals surface area contributed by atoms with E-state index in [4.69, 9.17) is 4.74 Å². The van der Waals surface area contributed by atoms with Gasteiger partial charge in [-0.25, -0.2) is 0 Å². The van der Waals surface area contributed by atoms with Crippen LogP contribution in [0.4, 0.5) is 0 Å². The van der Waals surface area contributed by atoms with Gasteiger partial charge in [-0.1, -0.05) is 18.2 Å². The van der Waals surface area contributed by atoms with Crippen LogP contribution in [-0.2, 0) is 11.2 Å². The number of ether oxygens (including phenoxy) is 1. The van der Waals surface area contributed by atoms with Crippen molar-refractivity contribution in [1.29, 1.82) is 0 Å². The molecule has 0 saturated carbocycles. The normalized spacial score (nSPS) is 24.9. The van der Waals surface area contributed by atoms with E-state index in [0.717, 1.165) is 37.2 Å². The molecule has 6 nitrogen and oxygen atoms in total. The zero-order chi connectivity index (χ0) is 18.6. The van der Waals surface area contributed by atoms with Crippen molar-refractivity contribution >= 4 is 5.91 Å². The molecule has 142 valence electrons. The first kappa shape index (κ1) is 17.9. The SMILES string of the molecule is COc1cccc(C2CNNC2C2CCCN2C(=O)Cc2cccnc2)c1. The zero-order valence-electron chi connectivity index (χ0n) is 15.6. The molecule has 3 unspecified atom stereocenters. The van der Waals surface area contributed by atoms with Crippen LogP contribution in [0.2, 0.25) is 0 Å². The number of hydrogen-bond donors (Lipinski definition) is 2. The number of hydrazine groups is 1. The lowest BCUT2D eigenvalue weighted by molar-refractivity contribution is -0.131. The Hall–Kier alpha value is -2.44. The molecule has 1 aromatic heterocycles. The number of carbonyl (C=O) groups is 1. The summed E-state index contributed by atoms with van der Waals surface area (Å²) in [6, 6.07) is 12.5. The molecule has 4 rings (SSSR count). The van der Waals surface area contributed by atoms with Crippen LogP contribution in [-0.4, -0.2) is 48.1 Å². The summed E-state index contributed by atoms with van der Waals surface area (Å²) >= 11 is 0. The number of aromatic nitrogens is 1. The average Bonchev–Trinajstić information content (AvgIpc) is 3.38. The van der Waals surface area contributed by atoms with Gasteiger partial charge in [-0.3, -0.25) is 20.6 Å². The third-order valence-corrected chi connectivity index (χ3v) is 5.66. The molecule has 3 heterocycles. The Morgan fingerprint density at radius 1 is 1.33 bits per heavy atom. The molecule has 2 aliphatic rings. The van der Waals surface area contributed by atoms with Gasteiger partial charge in [0, 0.05) is 43.5 Å². The first-order valence-corrected chi connectivity index (χ1v) is 9.57. The van der Waals surface area contributed by atoms with E-state index in [2.05, 4.69) is 32.9 Å². The molecule has 0 bridgehead atoms. The highest BCUT2D eigenvalue weighted by Gasteiger charge is 2.41. The number of nitrogens with zero attached hydrogens (tertiary/aromatic N) is 2. The van der Waals surface area contributed by atoms with E-state index in [-0.39, 0.29) is 18.0 Å². The van der Waals surface area contributed by atoms with Crippen molar-refractivity contribution in [3.05, 3.63) is 59.9 Å². The Bertz CT molecular complexity index is 783. The van der Waals surface area contributed by atoms with Gasteiger partial charge in [0.2, 0.25) is 5.91 Å². The molecule has 6 heteroatoms. The molecule has 0 spiro atoms. The van der Waals surface area contributed by atoms with Crippen LogP contribution in [0.25, 0.3) is 0 Å². The van der Waals surface area contributed by atoms with Crippen LogP contribution >= 0.6 is 0 Å². The van der Waals surface area contributed by atoms with Crippen LogP contribution in [0.3, 0.4) is 0 Å². The lowest BCUT2D eigenvalue weighted by atomic mass is 9.87. The minimum Gasteiger partial charge on any atom is -0.497 e. The van der Waals surface area contributed by atoms with Crippen LogP contribution in [0.1, 0.15) is 29.9 Å². The first-order valence-electron chi connectivity index (χ1n) is 9.57. The summed E-state index contributed by atoms with van der Waals surface area (Å²) in [6.07, 6.45) is 6.00. The summed E-state index contributed by atoms with van der Waals surface area (Å²) < 4.78 is 5.39. The number of nitrogens with one attached hydrogen (secondary N) is 2. The summed E-state index contributed by atoms with van der Waals surface area (Å²) in [5.41, 5.74) is 8.95. The van der Waals surface area contributed by atoms with E-state index in [9.17, 15) is 4.79 Å². The van der Waals surface area contributed by atoms with Crippen molar-refractivity contribution in [1.82, 2.24) is 20.7 Å². The van der Waals surface area contributed by atoms with Crippen LogP contribution in [0.5, 0.6) is 5.75 Å². The van der Waals surface area contributed by atoms with Crippen LogP contribution in [0, 0.1) is 0 Å². The molecule has 1 amide bonds. The van der Waals surface area contributed by atoms with Gasteiger partial charge in [-0.15, -0.1) is 0 Å². The summed E-state index contributed by atoms with van der Waals surface area (Å²) in [4.78, 5) is 19.1. The number of benzene rings is 1. The second-order valence-electron chi connectivity index (χ2n) is 7.27. The van der Waals surface area contributed by atoms with Crippen molar-refractivity contribution in [2.24, 2.45) is 0 Å². The number of rotatable bonds is 5. The number of hydrogen-bond acceptors (Lipinski definition) is 5. The number of carbonyl (C=O) groups excluding carboxylic acids is 1. The van der Waals surface area contributed by atoms with Crippen molar-refractivity contribution in [3.8, 4) is 5.75 Å². The Labute approximate surface area is 159 Å². The third kappa shape index (κ3) is 3.82. The number of likely N-dealkylation sites (tertiary alicyclic amines) is 1. The third-order valence-electron chi connectivity index (χ3n) is 5.66. The summed E-state index contributed by atoms with van der Waals surface area (Å²) in [5, 5.41) is 0. The van der Waals surface area contributed by atoms with Gasteiger partial charge in [-0.05, 0) is 42.2 Å². The van der Waals surface area contributed by atoms with Gasteiger partial charge >= 0.3 is 0 Å². The van der Waals surface area contributed by atoms with E-state index in [1.54, 1.807) is 19.5 Å². The number of pyridine rings is 1. The molecular formula is C21H26N4O2. The molecule has 2 aromatic rings. The molecule has 2 aliphatic heterocycles. The molecule has 2 saturated heterocycles. The van der Waals surface area contributed by atoms with Gasteiger partial charge in [0.15, 0.2) is 0 Å². The predicted molar refractivity (Wildman–Crippen MR) is 103 cm³/mol. The van der Waals surface area contributed by atoms with E-state index in [0.29, 0.717) is 12.3 Å². The molecule has 27 heavy (non-hydrogen) atoms. The highest BCUT2D eigenvalue weighted by atomic mass is 16.5. The summed E-state index contributed by atoms with van der Waals surface area (Å²) in [6.45, 7) is 1.67. The summed E-state index contributed by atoms with van der Waals surface area (Å²) in [7, 11) is 1.69. The molecule has 1 aromatic carbocycles. The molecular weight excluding hydrogens is 340 g/mol. The lowest BCUT2D eigenvalue weighted by Crippen LogP contribution is -2.50. The fourth-order valence-electron chi connectivity index (χ4n) is 4.33. The monoisotopic (exact) mass is 366 g/mol. The lowest BCUT2D eigenvalue weighted by Gasteiger charge is -2.32. The van der Waals surface area contributed by atoms with Crippen molar-refractivity contribution in [2.75, 3.05) is 20.2 Å². The van der Waals surface area contributed by atoms with Gasteiger partial charge in [-0.2, -0.15) is 0 Å². The van der Waals surface area contributed by atoms with Crippen molar-refractivity contribution in [3.63, 3.8) is 0 Å². The molecule has 2 N–H and O–H groups in total. The molecule has 3 atom stereocenters. The minimum absolute atomic E-state index is 0.184. The molecule has 0 radical (unpaired) electrons. The van der Waals surface area contributed by atoms with Gasteiger partial charge in [0.05, 0.1) is 13.5 Å². The highest BCUT2D eigenvalue weighted by Crippen LogP contribution is 2.32. The maximum Gasteiger partial charge on any atom is 0.227 e. The van der Waals surface area contributed by atoms with E-state index >= 15 is 0 Å². The Kier molecular flexibility index (Phi) is 5.36. The van der Waals surface area contributed by atoms with E-state index < -0.39 is 0 Å². The fraction of sp³-hybridized carbons (Fsp3) is 0.429. The van der Waals surface area contributed by atoms with Crippen LogP contribution in [0.15, 0.2) is 48.8 Å². The highest BCUT2D eigenvalue weighted by molar-refractivity contribution is 5.79. The van der Waals surface area contributed by atoms with E-state index in [1.807, 2.05) is 24.3 Å². The Balaban J connectivity index is 1.51. The predicted octanol–water partition coefficient (Wildman–Crippen LogP) is 1.88. The molecule has 0 aliphatic carbocycles. The average molecular weight is 366 g/mol. The van der Waals surface area contributed by atoms with Crippen LogP contribution < -0.4 is 15.6 Å². The first-order chi connectivity index (χ1) is 13.3. The Morgan fingerprint density at radius 3 is 3.07 bits per heavy atom. The quantitative estimate of drug-likeness (QED) is 0.846. The topological polar surface area (TPSA) is 66.5 Å². The number of amides is 1. The second kappa shape index (κ2) is 8.06. The largest absolute Gasteiger partial charge is 0.497 e. The van der Waals surface area contributed by atoms with Gasteiger partial charge in [0.1, 0.15) is 5.75 Å². The minimum atomic E-state index is 0.184.